The summed E-state index contributed by atoms with van der Waals surface area (Å²) in [6.07, 6.45) is -10.3. The van der Waals surface area contributed by atoms with Gasteiger partial charge < -0.3 is 13.3 Å². The third-order valence-corrected chi connectivity index (χ3v) is 4.50. The van der Waals surface area contributed by atoms with Crippen LogP contribution in [0.15, 0.2) is 12.7 Å². The second-order valence-corrected chi connectivity index (χ2v) is 5.82. The van der Waals surface area contributed by atoms with Crippen LogP contribution in [-0.4, -0.2) is 41.0 Å². The summed E-state index contributed by atoms with van der Waals surface area (Å²) in [6.45, 7) is 2.57. The van der Waals surface area contributed by atoms with Crippen molar-refractivity contribution in [1.29, 1.82) is 0 Å². The van der Waals surface area contributed by atoms with Gasteiger partial charge >= 0.3 is 21.1 Å². The second kappa shape index (κ2) is 7.27. The predicted molar refractivity (Wildman–Crippen MR) is 56.4 cm³/mol. The molecule has 0 rings (SSSR count). The van der Waals surface area contributed by atoms with E-state index in [1.165, 1.54) is 6.92 Å². The fourth-order valence-electron chi connectivity index (χ4n) is 1.10. The van der Waals surface area contributed by atoms with E-state index in [0.29, 0.717) is 0 Å². The Kier molecular flexibility index (Phi) is 7.04. The van der Waals surface area contributed by atoms with Crippen LogP contribution in [-0.2, 0) is 13.3 Å². The molecule has 0 aliphatic carbocycles. The van der Waals surface area contributed by atoms with Crippen molar-refractivity contribution in [2.75, 3.05) is 19.9 Å². The van der Waals surface area contributed by atoms with Gasteiger partial charge in [0.15, 0.2) is 0 Å². The SMILES string of the molecule is C=CC[Si](OCC)(OCCF)OC(F)(F)C(F)(F)F. The monoisotopic (exact) mass is 312 g/mol. The highest BCUT2D eigenvalue weighted by Crippen LogP contribution is 2.39. The van der Waals surface area contributed by atoms with Gasteiger partial charge in [0.05, 0.1) is 6.61 Å². The van der Waals surface area contributed by atoms with E-state index in [0.717, 1.165) is 6.08 Å². The molecule has 0 saturated heterocycles. The van der Waals surface area contributed by atoms with E-state index in [2.05, 4.69) is 15.4 Å². The largest absolute Gasteiger partial charge is 0.509 e. The van der Waals surface area contributed by atoms with Crippen molar-refractivity contribution in [3.63, 3.8) is 0 Å². The Hall–Kier alpha value is -0.583. The number of halogens is 6. The van der Waals surface area contributed by atoms with Gasteiger partial charge in [-0.1, -0.05) is 6.08 Å². The highest BCUT2D eigenvalue weighted by molar-refractivity contribution is 6.61. The minimum absolute atomic E-state index is 0.222. The van der Waals surface area contributed by atoms with Gasteiger partial charge in [-0.05, 0) is 6.92 Å². The van der Waals surface area contributed by atoms with Gasteiger partial charge in [0.1, 0.15) is 6.67 Å². The molecular formula is C9H14F6O3Si. The summed E-state index contributed by atoms with van der Waals surface area (Å²) < 4.78 is 87.3. The Morgan fingerprint density at radius 2 is 1.74 bits per heavy atom. The van der Waals surface area contributed by atoms with E-state index >= 15 is 0 Å². The van der Waals surface area contributed by atoms with Crippen molar-refractivity contribution in [1.82, 2.24) is 0 Å². The van der Waals surface area contributed by atoms with Crippen molar-refractivity contribution in [2.45, 2.75) is 25.3 Å². The van der Waals surface area contributed by atoms with E-state index in [9.17, 15) is 26.3 Å². The van der Waals surface area contributed by atoms with E-state index in [4.69, 9.17) is 4.43 Å². The maximum Gasteiger partial charge on any atom is 0.509 e. The molecule has 0 aromatic heterocycles. The molecule has 0 amide bonds. The fraction of sp³-hybridized carbons (Fsp3) is 0.778. The number of rotatable bonds is 9. The van der Waals surface area contributed by atoms with Crippen LogP contribution < -0.4 is 0 Å². The highest BCUT2D eigenvalue weighted by atomic mass is 28.4. The maximum atomic E-state index is 12.9. The lowest BCUT2D eigenvalue weighted by atomic mass is 10.6. The molecule has 10 heteroatoms. The van der Waals surface area contributed by atoms with Crippen LogP contribution in [0.2, 0.25) is 6.04 Å². The highest BCUT2D eigenvalue weighted by Gasteiger charge is 2.64. The zero-order chi connectivity index (χ0) is 15.2. The second-order valence-electron chi connectivity index (χ2n) is 3.26. The summed E-state index contributed by atoms with van der Waals surface area (Å²) in [6, 6.07) is -0.494. The molecule has 19 heavy (non-hydrogen) atoms. The molecule has 0 fully saturated rings. The van der Waals surface area contributed by atoms with Gasteiger partial charge in [0.2, 0.25) is 0 Å². The van der Waals surface area contributed by atoms with Crippen molar-refractivity contribution >= 4 is 8.80 Å². The minimum Gasteiger partial charge on any atom is -0.373 e. The predicted octanol–water partition coefficient (Wildman–Crippen LogP) is 3.31. The summed E-state index contributed by atoms with van der Waals surface area (Å²) in [7, 11) is -4.39. The lowest BCUT2D eigenvalue weighted by molar-refractivity contribution is -0.373. The van der Waals surface area contributed by atoms with Gasteiger partial charge in [-0.3, -0.25) is 0 Å². The molecule has 0 aromatic carbocycles. The van der Waals surface area contributed by atoms with Crippen LogP contribution in [0.5, 0.6) is 0 Å². The average molecular weight is 312 g/mol. The first-order valence-electron chi connectivity index (χ1n) is 5.23. The first-order valence-corrected chi connectivity index (χ1v) is 7.17. The van der Waals surface area contributed by atoms with E-state index in [1.54, 1.807) is 0 Å². The first-order chi connectivity index (χ1) is 8.64. The summed E-state index contributed by atoms with van der Waals surface area (Å²) in [4.78, 5) is 0. The fourth-order valence-corrected chi connectivity index (χ4v) is 3.31. The Labute approximate surface area is 107 Å². The molecule has 114 valence electrons. The maximum absolute atomic E-state index is 12.9. The molecule has 0 spiro atoms. The Bertz CT molecular complexity index is 286. The lowest BCUT2D eigenvalue weighted by Gasteiger charge is -2.32. The Balaban J connectivity index is 5.14. The van der Waals surface area contributed by atoms with Crippen molar-refractivity contribution in [2.24, 2.45) is 0 Å². The summed E-state index contributed by atoms with van der Waals surface area (Å²) in [5.74, 6) is 0. The number of hydrogen-bond donors (Lipinski definition) is 0. The molecule has 0 N–H and O–H groups in total. The zero-order valence-electron chi connectivity index (χ0n) is 10.1. The molecule has 0 bridgehead atoms. The molecule has 1 atom stereocenters. The Morgan fingerprint density at radius 1 is 1.16 bits per heavy atom. The molecule has 0 aliphatic heterocycles. The van der Waals surface area contributed by atoms with Gasteiger partial charge in [0.25, 0.3) is 0 Å². The van der Waals surface area contributed by atoms with Crippen molar-refractivity contribution in [3.05, 3.63) is 12.7 Å². The average Bonchev–Trinajstić information content (AvgIpc) is 2.25. The van der Waals surface area contributed by atoms with E-state index < -0.39 is 40.4 Å². The van der Waals surface area contributed by atoms with Gasteiger partial charge in [-0.25, -0.2) is 4.39 Å². The van der Waals surface area contributed by atoms with Crippen LogP contribution >= 0.6 is 0 Å². The topological polar surface area (TPSA) is 27.7 Å². The lowest BCUT2D eigenvalue weighted by Crippen LogP contribution is -2.55. The van der Waals surface area contributed by atoms with Gasteiger partial charge in [-0.15, -0.1) is 6.58 Å². The normalized spacial score (nSPS) is 16.2. The first kappa shape index (κ1) is 18.4. The van der Waals surface area contributed by atoms with Crippen molar-refractivity contribution in [3.8, 4) is 0 Å². The number of hydrogen-bond acceptors (Lipinski definition) is 3. The zero-order valence-corrected chi connectivity index (χ0v) is 11.1. The number of alkyl halides is 6. The third kappa shape index (κ3) is 5.51. The third-order valence-electron chi connectivity index (χ3n) is 1.77. The standard InChI is InChI=1S/C9H14F6O3Si/c1-3-7-19(16-4-2,17-6-5-10)18-9(14,15)8(11,12)13/h3H,1,4-7H2,2H3. The van der Waals surface area contributed by atoms with Crippen LogP contribution in [0, 0.1) is 0 Å². The molecule has 0 aromatic rings. The van der Waals surface area contributed by atoms with Gasteiger partial charge in [0, 0.05) is 12.7 Å². The molecule has 1 unspecified atom stereocenters. The van der Waals surface area contributed by atoms with E-state index in [-0.39, 0.29) is 6.61 Å². The summed E-state index contributed by atoms with van der Waals surface area (Å²) >= 11 is 0. The van der Waals surface area contributed by atoms with Crippen LogP contribution in [0.4, 0.5) is 26.3 Å². The Morgan fingerprint density at radius 3 is 2.11 bits per heavy atom. The van der Waals surface area contributed by atoms with Crippen LogP contribution in [0.3, 0.4) is 0 Å². The summed E-state index contributed by atoms with van der Waals surface area (Å²) in [5.41, 5.74) is 0. The smallest absolute Gasteiger partial charge is 0.373 e. The van der Waals surface area contributed by atoms with Crippen molar-refractivity contribution < 1.29 is 39.6 Å². The molecule has 0 aliphatic rings. The quantitative estimate of drug-likeness (QED) is 0.371. The molecule has 0 heterocycles. The minimum atomic E-state index is -5.91. The van der Waals surface area contributed by atoms with Crippen LogP contribution in [0.1, 0.15) is 6.92 Å². The number of allylic oxidation sites excluding steroid dienone is 1. The molecular weight excluding hydrogens is 298 g/mol. The summed E-state index contributed by atoms with van der Waals surface area (Å²) in [5, 5.41) is 0. The molecule has 0 saturated carbocycles. The van der Waals surface area contributed by atoms with Gasteiger partial charge in [-0.2, -0.15) is 22.0 Å². The molecule has 0 radical (unpaired) electrons. The molecule has 3 nitrogen and oxygen atoms in total. The van der Waals surface area contributed by atoms with E-state index in [1.807, 2.05) is 0 Å². The van der Waals surface area contributed by atoms with Crippen LogP contribution in [0.25, 0.3) is 0 Å².